The van der Waals surface area contributed by atoms with E-state index in [1.54, 1.807) is 6.33 Å². The van der Waals surface area contributed by atoms with Crippen molar-refractivity contribution in [3.8, 4) is 11.4 Å². The second kappa shape index (κ2) is 3.43. The molecule has 1 N–H and O–H groups in total. The van der Waals surface area contributed by atoms with Crippen molar-refractivity contribution >= 4 is 16.6 Å². The molecule has 0 aliphatic rings. The fourth-order valence-electron chi connectivity index (χ4n) is 2.15. The molecule has 4 heteroatoms. The first kappa shape index (κ1) is 9.41. The van der Waals surface area contributed by atoms with Crippen molar-refractivity contribution in [2.24, 2.45) is 0 Å². The highest BCUT2D eigenvalue weighted by Gasteiger charge is 2.05. The Kier molecular flexibility index (Phi) is 1.80. The molecule has 0 aliphatic heterocycles. The lowest BCUT2D eigenvalue weighted by atomic mass is 10.2. The molecule has 4 nitrogen and oxygen atoms in total. The lowest BCUT2D eigenvalue weighted by molar-refractivity contribution is 1.15. The SMILES string of the molecule is c1ccc2[nH]c(-c3ccc4cncn4c3)nc2c1. The molecule has 18 heavy (non-hydrogen) atoms. The molecule has 0 saturated heterocycles. The number of imidazole rings is 2. The first-order valence-corrected chi connectivity index (χ1v) is 5.77. The molecule has 4 aromatic rings. The van der Waals surface area contributed by atoms with Gasteiger partial charge in [-0.25, -0.2) is 9.97 Å². The van der Waals surface area contributed by atoms with Crippen LogP contribution < -0.4 is 0 Å². The molecule has 0 aliphatic carbocycles. The van der Waals surface area contributed by atoms with E-state index in [9.17, 15) is 0 Å². The number of nitrogens with zero attached hydrogens (tertiary/aromatic N) is 3. The summed E-state index contributed by atoms with van der Waals surface area (Å²) in [4.78, 5) is 12.0. The average molecular weight is 234 g/mol. The van der Waals surface area contributed by atoms with Crippen LogP contribution >= 0.6 is 0 Å². The normalized spacial score (nSPS) is 11.3. The van der Waals surface area contributed by atoms with Gasteiger partial charge in [0.15, 0.2) is 0 Å². The van der Waals surface area contributed by atoms with Gasteiger partial charge in [-0.1, -0.05) is 12.1 Å². The predicted molar refractivity (Wildman–Crippen MR) is 70.3 cm³/mol. The maximum Gasteiger partial charge on any atom is 0.139 e. The van der Waals surface area contributed by atoms with Crippen LogP contribution in [-0.2, 0) is 0 Å². The second-order valence-electron chi connectivity index (χ2n) is 4.25. The zero-order valence-corrected chi connectivity index (χ0v) is 9.54. The number of nitrogens with one attached hydrogen (secondary N) is 1. The lowest BCUT2D eigenvalue weighted by Gasteiger charge is -1.98. The van der Waals surface area contributed by atoms with Crippen LogP contribution in [0.4, 0.5) is 0 Å². The highest BCUT2D eigenvalue weighted by molar-refractivity contribution is 5.79. The van der Waals surface area contributed by atoms with Crippen LogP contribution in [0, 0.1) is 0 Å². The van der Waals surface area contributed by atoms with Crippen molar-refractivity contribution in [3.05, 3.63) is 55.1 Å². The molecule has 1 aromatic carbocycles. The topological polar surface area (TPSA) is 46.0 Å². The fraction of sp³-hybridized carbons (Fsp3) is 0. The van der Waals surface area contributed by atoms with Gasteiger partial charge in [0.25, 0.3) is 0 Å². The number of rotatable bonds is 1. The Labute approximate surface area is 103 Å². The van der Waals surface area contributed by atoms with Crippen molar-refractivity contribution < 1.29 is 0 Å². The molecule has 86 valence electrons. The van der Waals surface area contributed by atoms with E-state index in [-0.39, 0.29) is 0 Å². The van der Waals surface area contributed by atoms with Crippen LogP contribution in [0.1, 0.15) is 0 Å². The highest BCUT2D eigenvalue weighted by Crippen LogP contribution is 2.20. The summed E-state index contributed by atoms with van der Waals surface area (Å²) in [6, 6.07) is 12.1. The largest absolute Gasteiger partial charge is 0.338 e. The average Bonchev–Trinajstić information content (AvgIpc) is 3.04. The van der Waals surface area contributed by atoms with E-state index in [4.69, 9.17) is 0 Å². The van der Waals surface area contributed by atoms with Crippen LogP contribution in [0.25, 0.3) is 27.9 Å². The smallest absolute Gasteiger partial charge is 0.139 e. The molecule has 0 saturated carbocycles. The van der Waals surface area contributed by atoms with Gasteiger partial charge in [0, 0.05) is 11.8 Å². The van der Waals surface area contributed by atoms with Crippen LogP contribution in [-0.4, -0.2) is 19.4 Å². The van der Waals surface area contributed by atoms with Gasteiger partial charge < -0.3 is 9.38 Å². The molecule has 0 radical (unpaired) electrons. The van der Waals surface area contributed by atoms with E-state index in [0.717, 1.165) is 27.9 Å². The van der Waals surface area contributed by atoms with E-state index in [1.165, 1.54) is 0 Å². The van der Waals surface area contributed by atoms with Crippen LogP contribution in [0.5, 0.6) is 0 Å². The summed E-state index contributed by atoms with van der Waals surface area (Å²) in [5.74, 6) is 0.881. The molecule has 3 aromatic heterocycles. The third-order valence-electron chi connectivity index (χ3n) is 3.07. The Hall–Kier alpha value is -2.62. The number of aromatic amines is 1. The third-order valence-corrected chi connectivity index (χ3v) is 3.07. The number of benzene rings is 1. The minimum atomic E-state index is 0.881. The summed E-state index contributed by atoms with van der Waals surface area (Å²) < 4.78 is 1.99. The van der Waals surface area contributed by atoms with Crippen molar-refractivity contribution in [3.63, 3.8) is 0 Å². The summed E-state index contributed by atoms with van der Waals surface area (Å²) in [7, 11) is 0. The van der Waals surface area contributed by atoms with Gasteiger partial charge in [-0.05, 0) is 24.3 Å². The Morgan fingerprint density at radius 2 is 2.00 bits per heavy atom. The minimum absolute atomic E-state index is 0.881. The summed E-state index contributed by atoms with van der Waals surface area (Å²) in [6.45, 7) is 0. The Morgan fingerprint density at radius 1 is 1.06 bits per heavy atom. The monoisotopic (exact) mass is 234 g/mol. The fourth-order valence-corrected chi connectivity index (χ4v) is 2.15. The van der Waals surface area contributed by atoms with Crippen molar-refractivity contribution in [1.82, 2.24) is 19.4 Å². The Morgan fingerprint density at radius 3 is 2.94 bits per heavy atom. The number of fused-ring (bicyclic) bond motifs is 2. The zero-order valence-electron chi connectivity index (χ0n) is 9.54. The number of pyridine rings is 1. The first-order chi connectivity index (χ1) is 8.90. The molecule has 0 unspecified atom stereocenters. The summed E-state index contributed by atoms with van der Waals surface area (Å²) >= 11 is 0. The van der Waals surface area contributed by atoms with Gasteiger partial charge in [0.1, 0.15) is 5.82 Å². The Bertz CT molecular complexity index is 808. The number of hydrogen-bond donors (Lipinski definition) is 1. The van der Waals surface area contributed by atoms with Gasteiger partial charge in [-0.2, -0.15) is 0 Å². The lowest BCUT2D eigenvalue weighted by Crippen LogP contribution is -1.86. The zero-order chi connectivity index (χ0) is 11.9. The minimum Gasteiger partial charge on any atom is -0.338 e. The molecule has 0 spiro atoms. The standard InChI is InChI=1S/C14H10N4/c1-2-4-13-12(3-1)16-14(17-13)10-5-6-11-7-15-9-18(11)8-10/h1-9H,(H,16,17). The molecule has 0 fully saturated rings. The molecule has 0 atom stereocenters. The number of para-hydroxylation sites is 2. The van der Waals surface area contributed by atoms with E-state index in [1.807, 2.05) is 47.1 Å². The van der Waals surface area contributed by atoms with Crippen molar-refractivity contribution in [2.75, 3.05) is 0 Å². The Balaban J connectivity index is 1.94. The molecular formula is C14H10N4. The van der Waals surface area contributed by atoms with Gasteiger partial charge in [0.2, 0.25) is 0 Å². The maximum absolute atomic E-state index is 4.58. The van der Waals surface area contributed by atoms with Gasteiger partial charge in [-0.3, -0.25) is 0 Å². The molecular weight excluding hydrogens is 224 g/mol. The van der Waals surface area contributed by atoms with Crippen molar-refractivity contribution in [2.45, 2.75) is 0 Å². The number of H-pyrrole nitrogens is 1. The second-order valence-corrected chi connectivity index (χ2v) is 4.25. The van der Waals surface area contributed by atoms with Gasteiger partial charge in [0.05, 0.1) is 29.1 Å². The first-order valence-electron chi connectivity index (χ1n) is 5.77. The van der Waals surface area contributed by atoms with E-state index >= 15 is 0 Å². The number of hydrogen-bond acceptors (Lipinski definition) is 2. The maximum atomic E-state index is 4.58. The number of aromatic nitrogens is 4. The van der Waals surface area contributed by atoms with Gasteiger partial charge in [-0.15, -0.1) is 0 Å². The summed E-state index contributed by atoms with van der Waals surface area (Å²) in [5, 5.41) is 0. The summed E-state index contributed by atoms with van der Waals surface area (Å²) in [6.07, 6.45) is 5.66. The van der Waals surface area contributed by atoms with Gasteiger partial charge >= 0.3 is 0 Å². The van der Waals surface area contributed by atoms with Crippen molar-refractivity contribution in [1.29, 1.82) is 0 Å². The van der Waals surface area contributed by atoms with Crippen LogP contribution in [0.15, 0.2) is 55.1 Å². The highest BCUT2D eigenvalue weighted by atomic mass is 15.0. The molecule has 3 heterocycles. The molecule has 0 amide bonds. The third kappa shape index (κ3) is 1.32. The van der Waals surface area contributed by atoms with E-state index in [0.29, 0.717) is 0 Å². The van der Waals surface area contributed by atoms with Crippen LogP contribution in [0.3, 0.4) is 0 Å². The predicted octanol–water partition coefficient (Wildman–Crippen LogP) is 2.88. The van der Waals surface area contributed by atoms with E-state index in [2.05, 4.69) is 21.0 Å². The van der Waals surface area contributed by atoms with Crippen LogP contribution in [0.2, 0.25) is 0 Å². The van der Waals surface area contributed by atoms with E-state index < -0.39 is 0 Å². The molecule has 4 rings (SSSR count). The molecule has 0 bridgehead atoms. The quantitative estimate of drug-likeness (QED) is 0.550. The summed E-state index contributed by atoms with van der Waals surface area (Å²) in [5.41, 5.74) is 4.17.